The molecule has 1 aliphatic carbocycles. The number of fused-ring (bicyclic) bond motifs is 3. The van der Waals surface area contributed by atoms with E-state index in [1.807, 2.05) is 48.5 Å². The van der Waals surface area contributed by atoms with Crippen LogP contribution >= 0.6 is 0 Å². The Hall–Kier alpha value is -4.24. The monoisotopic (exact) mass is 461 g/mol. The predicted octanol–water partition coefficient (Wildman–Crippen LogP) is 3.01. The Balaban J connectivity index is 1.25. The number of aromatic nitrogens is 1. The summed E-state index contributed by atoms with van der Waals surface area (Å²) in [5, 5.41) is 24.0. The number of amides is 2. The number of nitrogens with one attached hydrogen (secondary N) is 2. The van der Waals surface area contributed by atoms with Gasteiger partial charge in [-0.1, -0.05) is 48.5 Å². The molecule has 0 fully saturated rings. The minimum atomic E-state index is -1.17. The van der Waals surface area contributed by atoms with Crippen molar-refractivity contribution in [3.8, 4) is 11.1 Å². The number of hydrogen-bond acceptors (Lipinski definition) is 6. The molecule has 4 N–H and O–H groups in total. The molecule has 174 valence electrons. The van der Waals surface area contributed by atoms with E-state index in [1.54, 1.807) is 0 Å². The molecule has 0 saturated carbocycles. The van der Waals surface area contributed by atoms with Crippen molar-refractivity contribution >= 4 is 23.7 Å². The van der Waals surface area contributed by atoms with E-state index in [0.717, 1.165) is 28.5 Å². The molecule has 1 aromatic heterocycles. The van der Waals surface area contributed by atoms with Gasteiger partial charge in [-0.05, 0) is 28.3 Å². The molecule has 0 radical (unpaired) electrons. The molecule has 2 amide bonds. The number of nitrogens with zero attached hydrogens (tertiary/aromatic N) is 1. The third-order valence-electron chi connectivity index (χ3n) is 5.52. The lowest BCUT2D eigenvalue weighted by atomic mass is 9.98. The molecule has 1 unspecified atom stereocenters. The summed E-state index contributed by atoms with van der Waals surface area (Å²) in [6.07, 6.45) is 0.299. The van der Waals surface area contributed by atoms with Crippen molar-refractivity contribution in [3.05, 3.63) is 83.7 Å². The van der Waals surface area contributed by atoms with Gasteiger partial charge in [0.25, 0.3) is 0 Å². The summed E-state index contributed by atoms with van der Waals surface area (Å²) in [5.41, 5.74) is 4.55. The number of aliphatic hydroxyl groups is 1. The molecule has 0 bridgehead atoms. The number of ether oxygens (including phenoxy) is 1. The zero-order valence-electron chi connectivity index (χ0n) is 18.1. The van der Waals surface area contributed by atoms with Crippen molar-refractivity contribution in [2.75, 3.05) is 18.5 Å². The average Bonchev–Trinajstić information content (AvgIpc) is 3.15. The first-order valence-electron chi connectivity index (χ1n) is 10.7. The minimum Gasteiger partial charge on any atom is -0.478 e. The summed E-state index contributed by atoms with van der Waals surface area (Å²) >= 11 is 0. The molecule has 1 heterocycles. The van der Waals surface area contributed by atoms with Crippen LogP contribution in [0.1, 0.15) is 33.8 Å². The van der Waals surface area contributed by atoms with Gasteiger partial charge in [0.2, 0.25) is 5.91 Å². The predicted molar refractivity (Wildman–Crippen MR) is 124 cm³/mol. The summed E-state index contributed by atoms with van der Waals surface area (Å²) in [6.45, 7) is -0.0408. The Kier molecular flexibility index (Phi) is 6.84. The van der Waals surface area contributed by atoms with Gasteiger partial charge in [-0.2, -0.15) is 0 Å². The van der Waals surface area contributed by atoms with E-state index in [2.05, 4.69) is 15.6 Å². The molecule has 4 rings (SSSR count). The van der Waals surface area contributed by atoms with Gasteiger partial charge < -0.3 is 25.6 Å². The normalized spacial score (nSPS) is 12.9. The van der Waals surface area contributed by atoms with E-state index in [1.165, 1.54) is 12.3 Å². The first kappa shape index (κ1) is 22.9. The number of carboxylic acid groups (broad SMARTS) is 1. The van der Waals surface area contributed by atoms with Crippen molar-refractivity contribution in [3.63, 3.8) is 0 Å². The van der Waals surface area contributed by atoms with E-state index < -0.39 is 24.1 Å². The van der Waals surface area contributed by atoms with Crippen LogP contribution in [0, 0.1) is 0 Å². The Labute approximate surface area is 195 Å². The highest BCUT2D eigenvalue weighted by Gasteiger charge is 2.29. The number of benzene rings is 2. The van der Waals surface area contributed by atoms with Gasteiger partial charge in [-0.3, -0.25) is 9.78 Å². The lowest BCUT2D eigenvalue weighted by Crippen LogP contribution is -2.35. The summed E-state index contributed by atoms with van der Waals surface area (Å²) in [5.74, 6) is -1.80. The fraction of sp³-hybridized carbons (Fsp3) is 0.200. The molecule has 1 atom stereocenters. The number of carbonyl (C=O) groups is 3. The molecule has 0 aliphatic heterocycles. The molecule has 0 spiro atoms. The van der Waals surface area contributed by atoms with Gasteiger partial charge in [0.1, 0.15) is 6.61 Å². The lowest BCUT2D eigenvalue weighted by molar-refractivity contribution is -0.118. The Bertz CT molecular complexity index is 1180. The SMILES string of the molecule is O=C(CC(O)CNC(=O)OCC1c2ccccc2-c2ccccc21)Nc1cncc(C(=O)O)c1. The number of hydrogen-bond donors (Lipinski definition) is 4. The van der Waals surface area contributed by atoms with Crippen LogP contribution in [-0.2, 0) is 9.53 Å². The van der Waals surface area contributed by atoms with Crippen LogP contribution < -0.4 is 10.6 Å². The molecule has 0 saturated heterocycles. The highest BCUT2D eigenvalue weighted by molar-refractivity contribution is 5.93. The van der Waals surface area contributed by atoms with Gasteiger partial charge in [0, 0.05) is 18.7 Å². The maximum Gasteiger partial charge on any atom is 0.407 e. The van der Waals surface area contributed by atoms with Crippen molar-refractivity contribution in [1.29, 1.82) is 0 Å². The second-order valence-electron chi connectivity index (χ2n) is 7.88. The number of pyridine rings is 1. The Morgan fingerprint density at radius 1 is 1.00 bits per heavy atom. The summed E-state index contributed by atoms with van der Waals surface area (Å²) in [6, 6.07) is 17.2. The zero-order valence-corrected chi connectivity index (χ0v) is 18.1. The van der Waals surface area contributed by atoms with Crippen LogP contribution in [0.2, 0.25) is 0 Å². The number of carbonyl (C=O) groups excluding carboxylic acids is 2. The van der Waals surface area contributed by atoms with E-state index in [9.17, 15) is 19.5 Å². The van der Waals surface area contributed by atoms with Crippen molar-refractivity contribution < 1.29 is 29.3 Å². The average molecular weight is 461 g/mol. The minimum absolute atomic E-state index is 0.0738. The summed E-state index contributed by atoms with van der Waals surface area (Å²) < 4.78 is 5.40. The van der Waals surface area contributed by atoms with Crippen LogP contribution in [0.5, 0.6) is 0 Å². The fourth-order valence-electron chi connectivity index (χ4n) is 3.97. The van der Waals surface area contributed by atoms with Crippen LogP contribution in [0.25, 0.3) is 11.1 Å². The Morgan fingerprint density at radius 3 is 2.29 bits per heavy atom. The van der Waals surface area contributed by atoms with Gasteiger partial charge >= 0.3 is 12.1 Å². The van der Waals surface area contributed by atoms with Crippen LogP contribution in [0.15, 0.2) is 67.0 Å². The van der Waals surface area contributed by atoms with Gasteiger partial charge in [0.05, 0.1) is 30.0 Å². The van der Waals surface area contributed by atoms with Crippen LogP contribution in [0.3, 0.4) is 0 Å². The van der Waals surface area contributed by atoms with E-state index in [4.69, 9.17) is 9.84 Å². The Morgan fingerprint density at radius 2 is 1.65 bits per heavy atom. The van der Waals surface area contributed by atoms with Crippen molar-refractivity contribution in [2.24, 2.45) is 0 Å². The van der Waals surface area contributed by atoms with Gasteiger partial charge in [-0.15, -0.1) is 0 Å². The van der Waals surface area contributed by atoms with Crippen molar-refractivity contribution in [1.82, 2.24) is 10.3 Å². The smallest absolute Gasteiger partial charge is 0.407 e. The molecule has 9 nitrogen and oxygen atoms in total. The number of rotatable bonds is 8. The van der Waals surface area contributed by atoms with Crippen molar-refractivity contribution in [2.45, 2.75) is 18.4 Å². The van der Waals surface area contributed by atoms with E-state index in [-0.39, 0.29) is 36.7 Å². The highest BCUT2D eigenvalue weighted by atomic mass is 16.5. The van der Waals surface area contributed by atoms with E-state index in [0.29, 0.717) is 0 Å². The largest absolute Gasteiger partial charge is 0.478 e. The van der Waals surface area contributed by atoms with Gasteiger partial charge in [-0.25, -0.2) is 9.59 Å². The number of alkyl carbamates (subject to hydrolysis) is 1. The molecular weight excluding hydrogens is 438 g/mol. The second-order valence-corrected chi connectivity index (χ2v) is 7.88. The molecule has 34 heavy (non-hydrogen) atoms. The maximum absolute atomic E-state index is 12.2. The number of anilines is 1. The fourth-order valence-corrected chi connectivity index (χ4v) is 3.97. The first-order chi connectivity index (χ1) is 16.4. The van der Waals surface area contributed by atoms with Gasteiger partial charge in [0.15, 0.2) is 0 Å². The molecule has 2 aromatic carbocycles. The number of aromatic carboxylic acids is 1. The van der Waals surface area contributed by atoms with E-state index >= 15 is 0 Å². The van der Waals surface area contributed by atoms with Crippen LogP contribution in [-0.4, -0.2) is 52.4 Å². The quantitative estimate of drug-likeness (QED) is 0.405. The molecule has 1 aliphatic rings. The lowest BCUT2D eigenvalue weighted by Gasteiger charge is -2.16. The topological polar surface area (TPSA) is 138 Å². The maximum atomic E-state index is 12.2. The van der Waals surface area contributed by atoms with Crippen LogP contribution in [0.4, 0.5) is 10.5 Å². The molecule has 3 aromatic rings. The second kappa shape index (κ2) is 10.1. The molecule has 9 heteroatoms. The number of aliphatic hydroxyl groups excluding tert-OH is 1. The summed E-state index contributed by atoms with van der Waals surface area (Å²) in [7, 11) is 0. The number of carboxylic acids is 1. The first-order valence-corrected chi connectivity index (χ1v) is 10.7. The third-order valence-corrected chi connectivity index (χ3v) is 5.52. The summed E-state index contributed by atoms with van der Waals surface area (Å²) in [4.78, 5) is 39.0. The third kappa shape index (κ3) is 5.21. The highest BCUT2D eigenvalue weighted by Crippen LogP contribution is 2.44. The standard InChI is InChI=1S/C25H23N3O6/c29-17(10-23(30)28-16-9-15(24(31)32)11-26-12-16)13-27-25(33)34-14-22-20-7-3-1-5-18(20)19-6-2-4-8-21(19)22/h1-9,11-12,17,22,29H,10,13-14H2,(H,27,33)(H,28,30)(H,31,32). The molecular formula is C25H23N3O6. The zero-order chi connectivity index (χ0) is 24.1.